The Kier molecular flexibility index (Phi) is 11.5. The van der Waals surface area contributed by atoms with Gasteiger partial charge in [0.05, 0.1) is 6.54 Å². The van der Waals surface area contributed by atoms with Crippen molar-refractivity contribution in [2.45, 2.75) is 118 Å². The van der Waals surface area contributed by atoms with E-state index in [9.17, 15) is 14.4 Å². The van der Waals surface area contributed by atoms with Crippen LogP contribution in [0.2, 0.25) is 0 Å². The van der Waals surface area contributed by atoms with Crippen molar-refractivity contribution in [2.24, 2.45) is 5.41 Å². The molecule has 0 rings (SSSR count). The molecule has 31 heavy (non-hydrogen) atoms. The van der Waals surface area contributed by atoms with E-state index in [-0.39, 0.29) is 24.3 Å². The summed E-state index contributed by atoms with van der Waals surface area (Å²) in [5.74, 6) is -1.00. The molecule has 0 fully saturated rings. The highest BCUT2D eigenvalue weighted by atomic mass is 16.6. The molecule has 8 nitrogen and oxygen atoms in total. The second-order valence-electron chi connectivity index (χ2n) is 11.1. The van der Waals surface area contributed by atoms with Gasteiger partial charge in [-0.15, -0.1) is 0 Å². The lowest BCUT2D eigenvalue weighted by molar-refractivity contribution is -0.368. The third kappa shape index (κ3) is 14.7. The molecule has 5 N–H and O–H groups in total. The number of hydrogen-bond acceptors (Lipinski definition) is 5. The van der Waals surface area contributed by atoms with Crippen LogP contribution in [0.3, 0.4) is 0 Å². The van der Waals surface area contributed by atoms with E-state index in [0.29, 0.717) is 0 Å². The molecule has 182 valence electrons. The molecule has 0 aliphatic carbocycles. The normalized spacial score (nSPS) is 14.4. The van der Waals surface area contributed by atoms with Crippen molar-refractivity contribution in [1.29, 1.82) is 0 Å². The lowest BCUT2D eigenvalue weighted by Crippen LogP contribution is -2.53. The average Bonchev–Trinajstić information content (AvgIpc) is 2.53. The van der Waals surface area contributed by atoms with Gasteiger partial charge in [-0.05, 0) is 72.6 Å². The predicted octanol–water partition coefficient (Wildman–Crippen LogP) is 2.94. The first-order chi connectivity index (χ1) is 13.9. The zero-order chi connectivity index (χ0) is 24.5. The molecule has 0 aromatic heterocycles. The molecule has 0 saturated heterocycles. The third-order valence-electron chi connectivity index (χ3n) is 4.40. The molecule has 0 saturated carbocycles. The second-order valence-corrected chi connectivity index (χ2v) is 11.1. The summed E-state index contributed by atoms with van der Waals surface area (Å²) in [6.45, 7) is 17.7. The van der Waals surface area contributed by atoms with E-state index < -0.39 is 35.2 Å². The summed E-state index contributed by atoms with van der Waals surface area (Å²) >= 11 is 0. The summed E-state index contributed by atoms with van der Waals surface area (Å²) in [7, 11) is 0. The Balaban J connectivity index is 5.19. The fraction of sp³-hybridized carbons (Fsp3) is 0.870. The molecule has 0 aliphatic rings. The van der Waals surface area contributed by atoms with Gasteiger partial charge in [0.15, 0.2) is 0 Å². The number of carbonyl (C=O) groups is 3. The van der Waals surface area contributed by atoms with E-state index in [1.165, 1.54) is 0 Å². The van der Waals surface area contributed by atoms with E-state index in [1.807, 2.05) is 0 Å². The Bertz CT molecular complexity index is 585. The first-order valence-electron chi connectivity index (χ1n) is 11.3. The number of quaternary nitrogens is 1. The van der Waals surface area contributed by atoms with E-state index in [1.54, 1.807) is 41.5 Å². The van der Waals surface area contributed by atoms with Crippen LogP contribution in [0.5, 0.6) is 0 Å². The van der Waals surface area contributed by atoms with Gasteiger partial charge in [-0.1, -0.05) is 20.8 Å². The monoisotopic (exact) mass is 444 g/mol. The van der Waals surface area contributed by atoms with Crippen molar-refractivity contribution < 1.29 is 29.6 Å². The van der Waals surface area contributed by atoms with Crippen molar-refractivity contribution in [1.82, 2.24) is 10.6 Å². The van der Waals surface area contributed by atoms with Gasteiger partial charge in [-0.25, -0.2) is 9.59 Å². The fourth-order valence-electron chi connectivity index (χ4n) is 2.88. The van der Waals surface area contributed by atoms with Gasteiger partial charge in [-0.2, -0.15) is 0 Å². The van der Waals surface area contributed by atoms with Gasteiger partial charge in [0.25, 0.3) is 0 Å². The van der Waals surface area contributed by atoms with Crippen LogP contribution >= 0.6 is 0 Å². The topological polar surface area (TPSA) is 121 Å². The van der Waals surface area contributed by atoms with Crippen molar-refractivity contribution in [3.63, 3.8) is 0 Å². The van der Waals surface area contributed by atoms with E-state index in [4.69, 9.17) is 9.47 Å². The number of rotatable bonds is 10. The van der Waals surface area contributed by atoms with Crippen LogP contribution in [0.1, 0.15) is 94.4 Å². The van der Waals surface area contributed by atoms with Gasteiger partial charge < -0.3 is 25.8 Å². The zero-order valence-electron chi connectivity index (χ0n) is 21.1. The molecular weight excluding hydrogens is 398 g/mol. The molecule has 0 bridgehead atoms. The van der Waals surface area contributed by atoms with E-state index >= 15 is 0 Å². The standard InChI is InChI=1S/C23H45N3O5/c1-21(2,3)17(12-10-11-15-24)26-20(29)25-16(19(28)31-23(7,8)9)13-14-18(27)30-22(4,5)6/h16-17H,10-15,24H2,1-9H3,(H2,25,26,29)/p+1/t16-,17-/m0/s1. The predicted molar refractivity (Wildman–Crippen MR) is 121 cm³/mol. The molecule has 0 aromatic rings. The quantitative estimate of drug-likeness (QED) is 0.353. The summed E-state index contributed by atoms with van der Waals surface area (Å²) in [6, 6.07) is -1.47. The number of carbonyl (C=O) groups excluding carboxylic acids is 3. The number of ether oxygens (including phenoxy) is 2. The number of urea groups is 1. The molecule has 2 atom stereocenters. The van der Waals surface area contributed by atoms with Crippen molar-refractivity contribution >= 4 is 18.0 Å². The smallest absolute Gasteiger partial charge is 0.329 e. The van der Waals surface area contributed by atoms with Gasteiger partial charge >= 0.3 is 18.0 Å². The van der Waals surface area contributed by atoms with Gasteiger partial charge in [0.1, 0.15) is 17.2 Å². The zero-order valence-corrected chi connectivity index (χ0v) is 21.1. The molecule has 0 aromatic carbocycles. The van der Waals surface area contributed by atoms with Crippen LogP contribution in [0.15, 0.2) is 0 Å². The van der Waals surface area contributed by atoms with Gasteiger partial charge in [-0.3, -0.25) is 4.79 Å². The Morgan fingerprint density at radius 2 is 1.35 bits per heavy atom. The van der Waals surface area contributed by atoms with E-state index in [0.717, 1.165) is 25.8 Å². The average molecular weight is 445 g/mol. The Hall–Kier alpha value is -1.83. The molecular formula is C23H46N3O5+. The third-order valence-corrected chi connectivity index (χ3v) is 4.40. The molecule has 2 amide bonds. The van der Waals surface area contributed by atoms with Crippen LogP contribution in [-0.4, -0.2) is 47.8 Å². The van der Waals surface area contributed by atoms with Gasteiger partial charge in [0, 0.05) is 12.5 Å². The minimum atomic E-state index is -0.952. The highest BCUT2D eigenvalue weighted by Gasteiger charge is 2.31. The Morgan fingerprint density at radius 3 is 1.81 bits per heavy atom. The number of esters is 2. The van der Waals surface area contributed by atoms with Gasteiger partial charge in [0.2, 0.25) is 0 Å². The molecule has 0 aliphatic heterocycles. The maximum Gasteiger partial charge on any atom is 0.329 e. The first-order valence-corrected chi connectivity index (χ1v) is 11.3. The van der Waals surface area contributed by atoms with Crippen molar-refractivity contribution in [3.8, 4) is 0 Å². The Morgan fingerprint density at radius 1 is 0.806 bits per heavy atom. The largest absolute Gasteiger partial charge is 0.460 e. The van der Waals surface area contributed by atoms with Crippen LogP contribution in [0.4, 0.5) is 4.79 Å². The lowest BCUT2D eigenvalue weighted by Gasteiger charge is -2.32. The molecule has 0 radical (unpaired) electrons. The van der Waals surface area contributed by atoms with E-state index in [2.05, 4.69) is 37.1 Å². The van der Waals surface area contributed by atoms with Crippen LogP contribution in [-0.2, 0) is 19.1 Å². The molecule has 0 heterocycles. The van der Waals surface area contributed by atoms with Crippen LogP contribution < -0.4 is 16.4 Å². The number of nitrogens with one attached hydrogen (secondary N) is 2. The first kappa shape index (κ1) is 29.2. The minimum Gasteiger partial charge on any atom is -0.460 e. The summed E-state index contributed by atoms with van der Waals surface area (Å²) in [5, 5.41) is 5.70. The molecule has 0 spiro atoms. The number of amides is 2. The second kappa shape index (κ2) is 12.3. The fourth-order valence-corrected chi connectivity index (χ4v) is 2.88. The summed E-state index contributed by atoms with van der Waals surface area (Å²) in [6.07, 6.45) is 2.86. The van der Waals surface area contributed by atoms with Crippen LogP contribution in [0.25, 0.3) is 0 Å². The maximum atomic E-state index is 12.7. The summed E-state index contributed by atoms with van der Waals surface area (Å²) < 4.78 is 10.8. The summed E-state index contributed by atoms with van der Waals surface area (Å²) in [5.41, 5.74) is 2.40. The maximum absolute atomic E-state index is 12.7. The Labute approximate surface area is 188 Å². The number of hydrogen-bond donors (Lipinski definition) is 3. The molecule has 8 heteroatoms. The summed E-state index contributed by atoms with van der Waals surface area (Å²) in [4.78, 5) is 37.5. The minimum absolute atomic E-state index is 0.00629. The SMILES string of the molecule is CC(C)(C)OC(=O)CC[C@H](NC(=O)N[C@@H](CCCC[NH3+])C(C)(C)C)C(=O)OC(C)(C)C. The van der Waals surface area contributed by atoms with Crippen LogP contribution in [0, 0.1) is 5.41 Å². The van der Waals surface area contributed by atoms with Crippen molar-refractivity contribution in [3.05, 3.63) is 0 Å². The highest BCUT2D eigenvalue weighted by Crippen LogP contribution is 2.23. The lowest BCUT2D eigenvalue weighted by atomic mass is 9.84. The molecule has 0 unspecified atom stereocenters. The highest BCUT2D eigenvalue weighted by molar-refractivity contribution is 5.84. The van der Waals surface area contributed by atoms with Crippen molar-refractivity contribution in [2.75, 3.05) is 6.54 Å². The number of unbranched alkanes of at least 4 members (excludes halogenated alkanes) is 1.